The molecule has 0 aliphatic rings. The number of hydrogen-bond acceptors (Lipinski definition) is 2. The maximum Gasteiger partial charge on any atom is 0.252 e. The van der Waals surface area contributed by atoms with Gasteiger partial charge in [-0.1, -0.05) is 24.3 Å². The van der Waals surface area contributed by atoms with Crippen LogP contribution in [0.5, 0.6) is 0 Å². The molecule has 3 aromatic rings. The number of rotatable bonds is 5. The Labute approximate surface area is 134 Å². The molecule has 2 N–H and O–H groups in total. The zero-order valence-electron chi connectivity index (χ0n) is 13.0. The van der Waals surface area contributed by atoms with Gasteiger partial charge in [-0.25, -0.2) is 4.39 Å². The first kappa shape index (κ1) is 15.4. The van der Waals surface area contributed by atoms with Crippen LogP contribution in [0.3, 0.4) is 0 Å². The van der Waals surface area contributed by atoms with E-state index in [1.54, 1.807) is 6.07 Å². The summed E-state index contributed by atoms with van der Waals surface area (Å²) in [6, 6.07) is 14.5. The topological polar surface area (TPSA) is 44.9 Å². The Bertz CT molecular complexity index is 886. The van der Waals surface area contributed by atoms with Crippen LogP contribution < -0.4 is 10.9 Å². The van der Waals surface area contributed by atoms with E-state index in [4.69, 9.17) is 0 Å². The van der Waals surface area contributed by atoms with Crippen LogP contribution >= 0.6 is 0 Å². The highest BCUT2D eigenvalue weighted by molar-refractivity contribution is 5.79. The SMILES string of the molecule is Cc1ccc2cc(CNCCc3cccc(F)c3)c(=O)[nH]c2c1. The molecule has 0 aliphatic carbocycles. The van der Waals surface area contributed by atoms with Crippen molar-refractivity contribution in [3.63, 3.8) is 0 Å². The number of aromatic amines is 1. The van der Waals surface area contributed by atoms with Gasteiger partial charge in [0.2, 0.25) is 0 Å². The van der Waals surface area contributed by atoms with E-state index in [9.17, 15) is 9.18 Å². The van der Waals surface area contributed by atoms with Gasteiger partial charge in [-0.2, -0.15) is 0 Å². The van der Waals surface area contributed by atoms with E-state index in [0.29, 0.717) is 18.7 Å². The van der Waals surface area contributed by atoms with Gasteiger partial charge in [-0.3, -0.25) is 4.79 Å². The summed E-state index contributed by atoms with van der Waals surface area (Å²) in [5.74, 6) is -0.219. The summed E-state index contributed by atoms with van der Waals surface area (Å²) in [5.41, 5.74) is 3.56. The fourth-order valence-electron chi connectivity index (χ4n) is 2.64. The molecule has 0 saturated heterocycles. The van der Waals surface area contributed by atoms with Crippen LogP contribution in [0.4, 0.5) is 4.39 Å². The van der Waals surface area contributed by atoms with Crippen LogP contribution in [0.2, 0.25) is 0 Å². The number of pyridine rings is 1. The minimum Gasteiger partial charge on any atom is -0.322 e. The molecule has 3 rings (SSSR count). The average molecular weight is 310 g/mol. The predicted molar refractivity (Wildman–Crippen MR) is 91.1 cm³/mol. The lowest BCUT2D eigenvalue weighted by atomic mass is 10.1. The van der Waals surface area contributed by atoms with E-state index in [1.165, 1.54) is 12.1 Å². The fraction of sp³-hybridized carbons (Fsp3) is 0.211. The summed E-state index contributed by atoms with van der Waals surface area (Å²) in [6.07, 6.45) is 0.725. The molecule has 23 heavy (non-hydrogen) atoms. The number of hydrogen-bond donors (Lipinski definition) is 2. The van der Waals surface area contributed by atoms with Gasteiger partial charge >= 0.3 is 0 Å². The van der Waals surface area contributed by atoms with Crippen LogP contribution in [0, 0.1) is 12.7 Å². The van der Waals surface area contributed by atoms with Gasteiger partial charge in [0.25, 0.3) is 5.56 Å². The van der Waals surface area contributed by atoms with Crippen LogP contribution in [-0.4, -0.2) is 11.5 Å². The number of halogens is 1. The van der Waals surface area contributed by atoms with E-state index in [0.717, 1.165) is 28.5 Å². The molecule has 118 valence electrons. The molecular formula is C19H19FN2O. The van der Waals surface area contributed by atoms with Crippen molar-refractivity contribution in [1.29, 1.82) is 0 Å². The van der Waals surface area contributed by atoms with E-state index < -0.39 is 0 Å². The van der Waals surface area contributed by atoms with E-state index in [1.807, 2.05) is 37.3 Å². The maximum absolute atomic E-state index is 13.1. The molecule has 0 bridgehead atoms. The molecule has 2 aromatic carbocycles. The van der Waals surface area contributed by atoms with Crippen molar-refractivity contribution in [2.75, 3.05) is 6.54 Å². The third-order valence-electron chi connectivity index (χ3n) is 3.87. The molecule has 1 heterocycles. The van der Waals surface area contributed by atoms with E-state index in [-0.39, 0.29) is 11.4 Å². The zero-order valence-corrected chi connectivity index (χ0v) is 13.0. The monoisotopic (exact) mass is 310 g/mol. The second-order valence-corrected chi connectivity index (χ2v) is 5.77. The van der Waals surface area contributed by atoms with Gasteiger partial charge in [0.05, 0.1) is 0 Å². The first-order valence-electron chi connectivity index (χ1n) is 7.69. The molecular weight excluding hydrogens is 291 g/mol. The average Bonchev–Trinajstić information content (AvgIpc) is 2.52. The third kappa shape index (κ3) is 3.85. The lowest BCUT2D eigenvalue weighted by Gasteiger charge is -2.07. The van der Waals surface area contributed by atoms with Gasteiger partial charge in [-0.05, 0) is 60.7 Å². The number of H-pyrrole nitrogens is 1. The van der Waals surface area contributed by atoms with Crippen molar-refractivity contribution < 1.29 is 4.39 Å². The van der Waals surface area contributed by atoms with Gasteiger partial charge in [0.15, 0.2) is 0 Å². The molecule has 0 atom stereocenters. The van der Waals surface area contributed by atoms with Crippen molar-refractivity contribution >= 4 is 10.9 Å². The first-order chi connectivity index (χ1) is 11.1. The molecule has 1 aromatic heterocycles. The van der Waals surface area contributed by atoms with Crippen LogP contribution in [-0.2, 0) is 13.0 Å². The summed E-state index contributed by atoms with van der Waals surface area (Å²) < 4.78 is 13.1. The minimum atomic E-state index is -0.219. The van der Waals surface area contributed by atoms with Crippen LogP contribution in [0.15, 0.2) is 53.3 Å². The molecule has 0 saturated carbocycles. The number of aromatic nitrogens is 1. The van der Waals surface area contributed by atoms with Gasteiger partial charge in [0.1, 0.15) is 5.82 Å². The Morgan fingerprint density at radius 1 is 1.13 bits per heavy atom. The second-order valence-electron chi connectivity index (χ2n) is 5.77. The molecule has 0 amide bonds. The number of benzene rings is 2. The Kier molecular flexibility index (Phi) is 4.53. The smallest absolute Gasteiger partial charge is 0.252 e. The largest absolute Gasteiger partial charge is 0.322 e. The number of aryl methyl sites for hydroxylation is 1. The molecule has 0 aliphatic heterocycles. The molecule has 4 heteroatoms. The maximum atomic E-state index is 13.1. The Balaban J connectivity index is 1.64. The summed E-state index contributed by atoms with van der Waals surface area (Å²) in [6.45, 7) is 3.18. The molecule has 0 spiro atoms. The lowest BCUT2D eigenvalue weighted by Crippen LogP contribution is -2.22. The van der Waals surface area contributed by atoms with Crippen molar-refractivity contribution in [3.05, 3.63) is 81.4 Å². The highest BCUT2D eigenvalue weighted by atomic mass is 19.1. The van der Waals surface area contributed by atoms with Crippen molar-refractivity contribution in [3.8, 4) is 0 Å². The van der Waals surface area contributed by atoms with Crippen LogP contribution in [0.1, 0.15) is 16.7 Å². The second kappa shape index (κ2) is 6.75. The summed E-state index contributed by atoms with van der Waals surface area (Å²) in [5, 5.41) is 4.27. The van der Waals surface area contributed by atoms with Gasteiger partial charge < -0.3 is 10.3 Å². The standard InChI is InChI=1S/C19H19FN2O/c1-13-5-6-15-11-16(19(23)22-18(15)9-13)12-21-8-7-14-3-2-4-17(20)10-14/h2-6,9-11,21H,7-8,12H2,1H3,(H,22,23). The molecule has 0 radical (unpaired) electrons. The predicted octanol–water partition coefficient (Wildman–Crippen LogP) is 3.31. The van der Waals surface area contributed by atoms with Gasteiger partial charge in [-0.15, -0.1) is 0 Å². The highest BCUT2D eigenvalue weighted by Gasteiger charge is 2.03. The Morgan fingerprint density at radius 3 is 2.83 bits per heavy atom. The third-order valence-corrected chi connectivity index (χ3v) is 3.87. The van der Waals surface area contributed by atoms with Crippen molar-refractivity contribution in [2.24, 2.45) is 0 Å². The van der Waals surface area contributed by atoms with Crippen molar-refractivity contribution in [2.45, 2.75) is 19.9 Å². The zero-order chi connectivity index (χ0) is 16.2. The van der Waals surface area contributed by atoms with E-state index in [2.05, 4.69) is 10.3 Å². The first-order valence-corrected chi connectivity index (χ1v) is 7.69. The molecule has 3 nitrogen and oxygen atoms in total. The van der Waals surface area contributed by atoms with Crippen molar-refractivity contribution in [1.82, 2.24) is 10.3 Å². The summed E-state index contributed by atoms with van der Waals surface area (Å²) >= 11 is 0. The lowest BCUT2D eigenvalue weighted by molar-refractivity contribution is 0.622. The molecule has 0 unspecified atom stereocenters. The fourth-order valence-corrected chi connectivity index (χ4v) is 2.64. The number of nitrogens with one attached hydrogen (secondary N) is 2. The summed E-state index contributed by atoms with van der Waals surface area (Å²) in [4.78, 5) is 15.0. The summed E-state index contributed by atoms with van der Waals surface area (Å²) in [7, 11) is 0. The molecule has 0 fully saturated rings. The normalized spacial score (nSPS) is 11.0. The Morgan fingerprint density at radius 2 is 2.00 bits per heavy atom. The van der Waals surface area contributed by atoms with Gasteiger partial charge in [0, 0.05) is 17.6 Å². The minimum absolute atomic E-state index is 0.0682. The number of fused-ring (bicyclic) bond motifs is 1. The highest BCUT2D eigenvalue weighted by Crippen LogP contribution is 2.13. The van der Waals surface area contributed by atoms with Crippen LogP contribution in [0.25, 0.3) is 10.9 Å². The Hall–Kier alpha value is -2.46. The quantitative estimate of drug-likeness (QED) is 0.710. The van der Waals surface area contributed by atoms with E-state index >= 15 is 0 Å².